The van der Waals surface area contributed by atoms with Gasteiger partial charge in [0.25, 0.3) is 0 Å². The van der Waals surface area contributed by atoms with Crippen molar-refractivity contribution in [2.75, 3.05) is 13.7 Å². The van der Waals surface area contributed by atoms with E-state index < -0.39 is 17.9 Å². The molecule has 0 aliphatic carbocycles. The van der Waals surface area contributed by atoms with Gasteiger partial charge in [-0.05, 0) is 24.6 Å². The average molecular weight is 330 g/mol. The summed E-state index contributed by atoms with van der Waals surface area (Å²) in [5.74, 6) is -1.88. The molecule has 2 unspecified atom stereocenters. The van der Waals surface area contributed by atoms with Gasteiger partial charge in [-0.2, -0.15) is 0 Å². The number of hydrogen-bond donors (Lipinski definition) is 2. The molecule has 0 aromatic heterocycles. The number of aliphatic carboxylic acids is 1. The fourth-order valence-electron chi connectivity index (χ4n) is 1.54. The third-order valence-electron chi connectivity index (χ3n) is 2.71. The van der Waals surface area contributed by atoms with Gasteiger partial charge in [0, 0.05) is 11.6 Å². The van der Waals surface area contributed by atoms with Gasteiger partial charge in [0.05, 0.1) is 12.5 Å². The number of carboxylic acid groups (broad SMARTS) is 1. The molecule has 0 spiro atoms. The molecule has 1 aromatic carbocycles. The normalized spacial score (nSPS) is 13.6. The van der Waals surface area contributed by atoms with Crippen LogP contribution < -0.4 is 5.32 Å². The van der Waals surface area contributed by atoms with E-state index in [0.717, 1.165) is 10.0 Å². The third-order valence-corrected chi connectivity index (χ3v) is 3.24. The molecule has 0 aliphatic rings. The number of halogens is 1. The van der Waals surface area contributed by atoms with Crippen LogP contribution in [0.4, 0.5) is 0 Å². The quantitative estimate of drug-likeness (QED) is 0.834. The molecule has 2 N–H and O–H groups in total. The first kappa shape index (κ1) is 15.7. The lowest BCUT2D eigenvalue weighted by Crippen LogP contribution is -2.45. The number of amides is 1. The molecule has 0 bridgehead atoms. The minimum Gasteiger partial charge on any atom is -0.480 e. The molecule has 0 radical (unpaired) electrons. The second-order valence-electron chi connectivity index (χ2n) is 4.13. The van der Waals surface area contributed by atoms with Crippen LogP contribution in [0.15, 0.2) is 28.7 Å². The van der Waals surface area contributed by atoms with Crippen LogP contribution in [0.2, 0.25) is 0 Å². The van der Waals surface area contributed by atoms with Crippen molar-refractivity contribution in [2.45, 2.75) is 18.9 Å². The Morgan fingerprint density at radius 1 is 1.37 bits per heavy atom. The number of hydrogen-bond acceptors (Lipinski definition) is 3. The topological polar surface area (TPSA) is 75.6 Å². The van der Waals surface area contributed by atoms with Crippen molar-refractivity contribution >= 4 is 27.8 Å². The predicted molar refractivity (Wildman–Crippen MR) is 74.0 cm³/mol. The van der Waals surface area contributed by atoms with Crippen LogP contribution >= 0.6 is 15.9 Å². The largest absolute Gasteiger partial charge is 0.480 e. The number of carbonyl (C=O) groups is 2. The molecule has 0 heterocycles. The smallest absolute Gasteiger partial charge is 0.328 e. The fourth-order valence-corrected chi connectivity index (χ4v) is 1.81. The van der Waals surface area contributed by atoms with Crippen molar-refractivity contribution in [2.24, 2.45) is 0 Å². The van der Waals surface area contributed by atoms with Gasteiger partial charge in [-0.25, -0.2) is 4.79 Å². The van der Waals surface area contributed by atoms with Crippen molar-refractivity contribution in [1.82, 2.24) is 5.32 Å². The summed E-state index contributed by atoms with van der Waals surface area (Å²) in [5, 5.41) is 11.4. The standard InChI is InChI=1S/C13H16BrNO4/c1-8(9-3-5-10(14)6-4-9)12(16)15-11(7-19-2)13(17)18/h3-6,8,11H,7H2,1-2H3,(H,15,16)(H,17,18). The number of ether oxygens (including phenoxy) is 1. The molecule has 104 valence electrons. The molecule has 5 nitrogen and oxygen atoms in total. The highest BCUT2D eigenvalue weighted by atomic mass is 79.9. The van der Waals surface area contributed by atoms with E-state index in [2.05, 4.69) is 21.2 Å². The Morgan fingerprint density at radius 3 is 2.42 bits per heavy atom. The van der Waals surface area contributed by atoms with Gasteiger partial charge in [0.2, 0.25) is 5.91 Å². The number of nitrogens with one attached hydrogen (secondary N) is 1. The molecular weight excluding hydrogens is 314 g/mol. The zero-order valence-corrected chi connectivity index (χ0v) is 12.3. The second-order valence-corrected chi connectivity index (χ2v) is 5.04. The zero-order valence-electron chi connectivity index (χ0n) is 10.7. The zero-order chi connectivity index (χ0) is 14.4. The van der Waals surface area contributed by atoms with Gasteiger partial charge >= 0.3 is 5.97 Å². The first-order chi connectivity index (χ1) is 8.95. The molecule has 1 amide bonds. The summed E-state index contributed by atoms with van der Waals surface area (Å²) in [6, 6.07) is 6.28. The number of rotatable bonds is 6. The molecule has 0 aliphatic heterocycles. The van der Waals surface area contributed by atoms with Gasteiger partial charge in [-0.15, -0.1) is 0 Å². The molecule has 0 fully saturated rings. The summed E-state index contributed by atoms with van der Waals surface area (Å²) in [6.07, 6.45) is 0. The van der Waals surface area contributed by atoms with Gasteiger partial charge in [0.15, 0.2) is 6.04 Å². The van der Waals surface area contributed by atoms with Gasteiger partial charge in [0.1, 0.15) is 0 Å². The summed E-state index contributed by atoms with van der Waals surface area (Å²) < 4.78 is 5.69. The van der Waals surface area contributed by atoms with Crippen molar-refractivity contribution in [3.05, 3.63) is 34.3 Å². The molecular formula is C13H16BrNO4. The average Bonchev–Trinajstić information content (AvgIpc) is 2.38. The number of methoxy groups -OCH3 is 1. The van der Waals surface area contributed by atoms with E-state index in [0.29, 0.717) is 0 Å². The van der Waals surface area contributed by atoms with E-state index >= 15 is 0 Å². The van der Waals surface area contributed by atoms with Crippen molar-refractivity contribution in [3.63, 3.8) is 0 Å². The minimum absolute atomic E-state index is 0.0614. The lowest BCUT2D eigenvalue weighted by Gasteiger charge is -2.17. The lowest BCUT2D eigenvalue weighted by atomic mass is 10.0. The highest BCUT2D eigenvalue weighted by molar-refractivity contribution is 9.10. The van der Waals surface area contributed by atoms with E-state index in [4.69, 9.17) is 9.84 Å². The Kier molecular flexibility index (Phi) is 5.98. The first-order valence-corrected chi connectivity index (χ1v) is 6.52. The Morgan fingerprint density at radius 2 is 1.95 bits per heavy atom. The van der Waals surface area contributed by atoms with E-state index in [1.165, 1.54) is 7.11 Å². The van der Waals surface area contributed by atoms with Crippen molar-refractivity contribution < 1.29 is 19.4 Å². The molecule has 19 heavy (non-hydrogen) atoms. The van der Waals surface area contributed by atoms with Gasteiger partial charge < -0.3 is 15.2 Å². The van der Waals surface area contributed by atoms with Crippen molar-refractivity contribution in [3.8, 4) is 0 Å². The van der Waals surface area contributed by atoms with Crippen molar-refractivity contribution in [1.29, 1.82) is 0 Å². The minimum atomic E-state index is -1.11. The monoisotopic (exact) mass is 329 g/mol. The molecule has 6 heteroatoms. The summed E-state index contributed by atoms with van der Waals surface area (Å²) in [4.78, 5) is 22.9. The van der Waals surface area contributed by atoms with Crippen LogP contribution in [0, 0.1) is 0 Å². The second kappa shape index (κ2) is 7.25. The molecule has 0 saturated heterocycles. The van der Waals surface area contributed by atoms with E-state index in [9.17, 15) is 9.59 Å². The summed E-state index contributed by atoms with van der Waals surface area (Å²) >= 11 is 3.32. The highest BCUT2D eigenvalue weighted by Crippen LogP contribution is 2.18. The Bertz CT molecular complexity index is 446. The van der Waals surface area contributed by atoms with Crippen LogP contribution in [-0.2, 0) is 14.3 Å². The summed E-state index contributed by atoms with van der Waals surface area (Å²) in [6.45, 7) is 1.67. The lowest BCUT2D eigenvalue weighted by molar-refractivity contribution is -0.143. The molecule has 1 aromatic rings. The van der Waals surface area contributed by atoms with Crippen LogP contribution in [-0.4, -0.2) is 36.7 Å². The highest BCUT2D eigenvalue weighted by Gasteiger charge is 2.23. The summed E-state index contributed by atoms with van der Waals surface area (Å²) in [5.41, 5.74) is 0.822. The fraction of sp³-hybridized carbons (Fsp3) is 0.385. The first-order valence-electron chi connectivity index (χ1n) is 5.73. The van der Waals surface area contributed by atoms with Crippen LogP contribution in [0.5, 0.6) is 0 Å². The van der Waals surface area contributed by atoms with Crippen LogP contribution in [0.25, 0.3) is 0 Å². The maximum Gasteiger partial charge on any atom is 0.328 e. The number of carboxylic acids is 1. The van der Waals surface area contributed by atoms with Crippen LogP contribution in [0.3, 0.4) is 0 Å². The number of carbonyl (C=O) groups excluding carboxylic acids is 1. The van der Waals surface area contributed by atoms with E-state index in [1.54, 1.807) is 6.92 Å². The van der Waals surface area contributed by atoms with E-state index in [-0.39, 0.29) is 12.5 Å². The maximum absolute atomic E-state index is 12.0. The Balaban J connectivity index is 2.71. The number of benzene rings is 1. The van der Waals surface area contributed by atoms with Gasteiger partial charge in [-0.1, -0.05) is 28.1 Å². The SMILES string of the molecule is COCC(NC(=O)C(C)c1ccc(Br)cc1)C(=O)O. The Hall–Kier alpha value is -1.40. The molecule has 1 rings (SSSR count). The molecule has 2 atom stereocenters. The summed E-state index contributed by atoms with van der Waals surface area (Å²) in [7, 11) is 1.39. The van der Waals surface area contributed by atoms with Crippen LogP contribution in [0.1, 0.15) is 18.4 Å². The maximum atomic E-state index is 12.0. The predicted octanol–water partition coefficient (Wildman–Crippen LogP) is 1.77. The molecule has 0 saturated carbocycles. The van der Waals surface area contributed by atoms with Gasteiger partial charge in [-0.3, -0.25) is 4.79 Å². The third kappa shape index (κ3) is 4.65. The van der Waals surface area contributed by atoms with E-state index in [1.807, 2.05) is 24.3 Å². The Labute approximate surface area is 120 Å².